The van der Waals surface area contributed by atoms with E-state index in [0.717, 1.165) is 45.8 Å². The molecular formula is C17H34N2O2. The molecule has 0 bridgehead atoms. The van der Waals surface area contributed by atoms with Crippen molar-refractivity contribution in [3.05, 3.63) is 0 Å². The van der Waals surface area contributed by atoms with Crippen LogP contribution < -0.4 is 5.32 Å². The monoisotopic (exact) mass is 298 g/mol. The average Bonchev–Trinajstić information content (AvgIpc) is 2.87. The zero-order valence-corrected chi connectivity index (χ0v) is 13.9. The van der Waals surface area contributed by atoms with E-state index in [9.17, 15) is 0 Å². The predicted molar refractivity (Wildman–Crippen MR) is 86.4 cm³/mol. The van der Waals surface area contributed by atoms with Crippen LogP contribution in [0.4, 0.5) is 0 Å². The number of rotatable bonds is 8. The molecule has 0 amide bonds. The SMILES string of the molecule is CC(C)CNCC1(CN2CCC(CCO)C2)CCCOC1. The summed E-state index contributed by atoms with van der Waals surface area (Å²) in [5, 5.41) is 12.8. The molecule has 21 heavy (non-hydrogen) atoms. The average molecular weight is 298 g/mol. The van der Waals surface area contributed by atoms with Crippen LogP contribution in [-0.4, -0.2) is 62.6 Å². The van der Waals surface area contributed by atoms with Crippen molar-refractivity contribution in [3.63, 3.8) is 0 Å². The Kier molecular flexibility index (Phi) is 6.93. The quantitative estimate of drug-likeness (QED) is 0.716. The van der Waals surface area contributed by atoms with Crippen molar-refractivity contribution in [3.8, 4) is 0 Å². The second-order valence-electron chi connectivity index (χ2n) is 7.58. The molecule has 2 aliphatic rings. The Morgan fingerprint density at radius 3 is 2.95 bits per heavy atom. The molecule has 2 saturated heterocycles. The predicted octanol–water partition coefficient (Wildman–Crippen LogP) is 1.73. The number of likely N-dealkylation sites (tertiary alicyclic amines) is 1. The van der Waals surface area contributed by atoms with Gasteiger partial charge in [0.1, 0.15) is 0 Å². The van der Waals surface area contributed by atoms with Crippen molar-refractivity contribution < 1.29 is 9.84 Å². The Labute approximate surface area is 130 Å². The molecule has 0 saturated carbocycles. The molecule has 0 aromatic rings. The fourth-order valence-electron chi connectivity index (χ4n) is 3.81. The highest BCUT2D eigenvalue weighted by atomic mass is 16.5. The molecule has 2 aliphatic heterocycles. The third kappa shape index (κ3) is 5.51. The van der Waals surface area contributed by atoms with Gasteiger partial charge in [-0.15, -0.1) is 0 Å². The summed E-state index contributed by atoms with van der Waals surface area (Å²) < 4.78 is 5.82. The van der Waals surface area contributed by atoms with Crippen molar-refractivity contribution in [2.75, 3.05) is 52.5 Å². The van der Waals surface area contributed by atoms with Gasteiger partial charge in [-0.3, -0.25) is 0 Å². The Hall–Kier alpha value is -0.160. The Balaban J connectivity index is 1.84. The number of hydrogen-bond donors (Lipinski definition) is 2. The maximum Gasteiger partial charge on any atom is 0.0546 e. The zero-order valence-electron chi connectivity index (χ0n) is 13.9. The van der Waals surface area contributed by atoms with Gasteiger partial charge in [0.05, 0.1) is 6.61 Å². The molecule has 0 aliphatic carbocycles. The summed E-state index contributed by atoms with van der Waals surface area (Å²) in [7, 11) is 0. The van der Waals surface area contributed by atoms with Gasteiger partial charge in [-0.1, -0.05) is 13.8 Å². The highest BCUT2D eigenvalue weighted by molar-refractivity contribution is 4.89. The maximum atomic E-state index is 9.10. The van der Waals surface area contributed by atoms with E-state index in [0.29, 0.717) is 23.9 Å². The van der Waals surface area contributed by atoms with Crippen LogP contribution in [0.15, 0.2) is 0 Å². The van der Waals surface area contributed by atoms with Crippen molar-refractivity contribution in [2.45, 2.75) is 39.5 Å². The molecule has 2 unspecified atom stereocenters. The molecule has 124 valence electrons. The van der Waals surface area contributed by atoms with Crippen molar-refractivity contribution >= 4 is 0 Å². The Morgan fingerprint density at radius 1 is 1.43 bits per heavy atom. The van der Waals surface area contributed by atoms with Gasteiger partial charge < -0.3 is 20.1 Å². The molecule has 2 N–H and O–H groups in total. The van der Waals surface area contributed by atoms with Gasteiger partial charge in [-0.05, 0) is 50.6 Å². The second-order valence-corrected chi connectivity index (χ2v) is 7.58. The lowest BCUT2D eigenvalue weighted by Gasteiger charge is -2.40. The largest absolute Gasteiger partial charge is 0.396 e. The minimum absolute atomic E-state index is 0.293. The third-order valence-corrected chi connectivity index (χ3v) is 4.92. The van der Waals surface area contributed by atoms with Crippen LogP contribution in [0.1, 0.15) is 39.5 Å². The zero-order chi connectivity index (χ0) is 15.1. The smallest absolute Gasteiger partial charge is 0.0546 e. The first kappa shape index (κ1) is 17.2. The minimum atomic E-state index is 0.293. The molecule has 2 fully saturated rings. The van der Waals surface area contributed by atoms with Gasteiger partial charge in [0.15, 0.2) is 0 Å². The summed E-state index contributed by atoms with van der Waals surface area (Å²) in [6.45, 7) is 12.4. The second kappa shape index (κ2) is 8.47. The number of hydrogen-bond acceptors (Lipinski definition) is 4. The van der Waals surface area contributed by atoms with E-state index >= 15 is 0 Å². The standard InChI is InChI=1S/C17H34N2O2/c1-15(2)10-18-12-17(6-3-9-21-14-17)13-19-7-4-16(11-19)5-8-20/h15-16,18,20H,3-14H2,1-2H3. The van der Waals surface area contributed by atoms with Crippen LogP contribution in [0.5, 0.6) is 0 Å². The van der Waals surface area contributed by atoms with Gasteiger partial charge >= 0.3 is 0 Å². The number of aliphatic hydroxyl groups excluding tert-OH is 1. The normalized spacial score (nSPS) is 31.1. The Bertz CT molecular complexity index is 291. The molecule has 0 spiro atoms. The number of nitrogens with zero attached hydrogens (tertiary/aromatic N) is 1. The van der Waals surface area contributed by atoms with Crippen LogP contribution in [0.25, 0.3) is 0 Å². The van der Waals surface area contributed by atoms with E-state index in [1.54, 1.807) is 0 Å². The fourth-order valence-corrected chi connectivity index (χ4v) is 3.81. The summed E-state index contributed by atoms with van der Waals surface area (Å²) in [6.07, 6.45) is 4.68. The molecule has 4 nitrogen and oxygen atoms in total. The summed E-state index contributed by atoms with van der Waals surface area (Å²) in [4.78, 5) is 2.60. The summed E-state index contributed by atoms with van der Waals surface area (Å²) >= 11 is 0. The van der Waals surface area contributed by atoms with Gasteiger partial charge in [0, 0.05) is 38.3 Å². The number of aliphatic hydroxyl groups is 1. The molecule has 0 radical (unpaired) electrons. The van der Waals surface area contributed by atoms with Gasteiger partial charge in [-0.2, -0.15) is 0 Å². The Morgan fingerprint density at radius 2 is 2.29 bits per heavy atom. The molecule has 0 aromatic heterocycles. The molecule has 2 atom stereocenters. The third-order valence-electron chi connectivity index (χ3n) is 4.92. The minimum Gasteiger partial charge on any atom is -0.396 e. The van der Waals surface area contributed by atoms with Gasteiger partial charge in [0.25, 0.3) is 0 Å². The van der Waals surface area contributed by atoms with Gasteiger partial charge in [0.2, 0.25) is 0 Å². The van der Waals surface area contributed by atoms with Crippen molar-refractivity contribution in [1.29, 1.82) is 0 Å². The number of nitrogens with one attached hydrogen (secondary N) is 1. The highest BCUT2D eigenvalue weighted by Gasteiger charge is 2.36. The van der Waals surface area contributed by atoms with Crippen LogP contribution in [0.2, 0.25) is 0 Å². The topological polar surface area (TPSA) is 44.7 Å². The van der Waals surface area contributed by atoms with Crippen LogP contribution >= 0.6 is 0 Å². The van der Waals surface area contributed by atoms with Crippen LogP contribution in [0.3, 0.4) is 0 Å². The lowest BCUT2D eigenvalue weighted by atomic mass is 9.81. The highest BCUT2D eigenvalue weighted by Crippen LogP contribution is 2.31. The van der Waals surface area contributed by atoms with Crippen LogP contribution in [0, 0.1) is 17.3 Å². The molecule has 4 heteroatoms. The molecule has 2 rings (SSSR count). The molecule has 0 aromatic carbocycles. The lowest BCUT2D eigenvalue weighted by Crippen LogP contribution is -2.49. The van der Waals surface area contributed by atoms with Crippen LogP contribution in [-0.2, 0) is 4.74 Å². The summed E-state index contributed by atoms with van der Waals surface area (Å²) in [6, 6.07) is 0. The van der Waals surface area contributed by atoms with E-state index < -0.39 is 0 Å². The fraction of sp³-hybridized carbons (Fsp3) is 1.00. The first-order chi connectivity index (χ1) is 10.1. The van der Waals surface area contributed by atoms with Crippen molar-refractivity contribution in [1.82, 2.24) is 10.2 Å². The van der Waals surface area contributed by atoms with E-state index in [4.69, 9.17) is 9.84 Å². The van der Waals surface area contributed by atoms with E-state index in [2.05, 4.69) is 24.1 Å². The molecule has 2 heterocycles. The maximum absolute atomic E-state index is 9.10. The lowest BCUT2D eigenvalue weighted by molar-refractivity contribution is -0.0238. The van der Waals surface area contributed by atoms with Gasteiger partial charge in [-0.25, -0.2) is 0 Å². The van der Waals surface area contributed by atoms with E-state index in [1.807, 2.05) is 0 Å². The molecular weight excluding hydrogens is 264 g/mol. The van der Waals surface area contributed by atoms with Crippen molar-refractivity contribution in [2.24, 2.45) is 17.3 Å². The summed E-state index contributed by atoms with van der Waals surface area (Å²) in [5.74, 6) is 1.40. The van der Waals surface area contributed by atoms with E-state index in [1.165, 1.54) is 25.8 Å². The first-order valence-corrected chi connectivity index (χ1v) is 8.75. The summed E-state index contributed by atoms with van der Waals surface area (Å²) in [5.41, 5.74) is 0.293. The van der Waals surface area contributed by atoms with E-state index in [-0.39, 0.29) is 0 Å². The first-order valence-electron chi connectivity index (χ1n) is 8.75. The number of ether oxygens (including phenoxy) is 1.